The van der Waals surface area contributed by atoms with Crippen molar-refractivity contribution in [3.05, 3.63) is 50.4 Å². The lowest BCUT2D eigenvalue weighted by Gasteiger charge is -1.98. The van der Waals surface area contributed by atoms with Crippen LogP contribution in [0.3, 0.4) is 0 Å². The van der Waals surface area contributed by atoms with Crippen LogP contribution in [0.2, 0.25) is 10.0 Å². The molecule has 0 aliphatic rings. The molecule has 0 aliphatic carbocycles. The third-order valence-electron chi connectivity index (χ3n) is 2.97. The van der Waals surface area contributed by atoms with Crippen molar-refractivity contribution in [3.63, 3.8) is 0 Å². The zero-order valence-corrected chi connectivity index (χ0v) is 12.9. The summed E-state index contributed by atoms with van der Waals surface area (Å²) < 4.78 is 1.49. The minimum atomic E-state index is -0.272. The molecule has 0 saturated carbocycles. The van der Waals surface area contributed by atoms with E-state index in [-0.39, 0.29) is 17.1 Å². The molecule has 3 aromatic rings. The van der Waals surface area contributed by atoms with Crippen LogP contribution >= 0.6 is 23.2 Å². The normalized spacial score (nSPS) is 11.6. The molecule has 0 bridgehead atoms. The van der Waals surface area contributed by atoms with E-state index >= 15 is 0 Å². The molecule has 0 saturated heterocycles. The first-order chi connectivity index (χ1) is 10.5. The van der Waals surface area contributed by atoms with Gasteiger partial charge < -0.3 is 10.7 Å². The molecular formula is C13H10Cl2N6O. The lowest BCUT2D eigenvalue weighted by atomic mass is 10.3. The number of hydrogen-bond acceptors (Lipinski definition) is 5. The highest BCUT2D eigenvalue weighted by atomic mass is 35.5. The molecule has 0 radical (unpaired) electrons. The predicted octanol–water partition coefficient (Wildman–Crippen LogP) is 3.64. The zero-order valence-electron chi connectivity index (χ0n) is 11.3. The summed E-state index contributed by atoms with van der Waals surface area (Å²) in [5.74, 6) is 0.152. The van der Waals surface area contributed by atoms with E-state index in [1.807, 2.05) is 0 Å². The van der Waals surface area contributed by atoms with Crippen LogP contribution in [0.5, 0.6) is 0 Å². The lowest BCUT2D eigenvalue weighted by Crippen LogP contribution is -2.09. The fourth-order valence-electron chi connectivity index (χ4n) is 1.96. The number of rotatable bonds is 2. The van der Waals surface area contributed by atoms with Crippen molar-refractivity contribution in [2.45, 2.75) is 6.92 Å². The second-order valence-corrected chi connectivity index (χ2v) is 5.41. The van der Waals surface area contributed by atoms with E-state index in [0.29, 0.717) is 27.1 Å². The van der Waals surface area contributed by atoms with Crippen LogP contribution in [-0.4, -0.2) is 14.6 Å². The Morgan fingerprint density at radius 3 is 2.77 bits per heavy atom. The minimum Gasteiger partial charge on any atom is -0.380 e. The van der Waals surface area contributed by atoms with Crippen LogP contribution in [0.25, 0.3) is 5.65 Å². The molecule has 3 N–H and O–H groups in total. The smallest absolute Gasteiger partial charge is 0.251 e. The van der Waals surface area contributed by atoms with Gasteiger partial charge in [0.25, 0.3) is 5.56 Å². The quantitative estimate of drug-likeness (QED) is 0.698. The summed E-state index contributed by atoms with van der Waals surface area (Å²) in [4.78, 5) is 14.2. The number of H-pyrrole nitrogens is 1. The highest BCUT2D eigenvalue weighted by molar-refractivity contribution is 6.36. The molecule has 0 spiro atoms. The fraction of sp³-hybridized carbons (Fsp3) is 0.0769. The Bertz CT molecular complexity index is 959. The molecule has 22 heavy (non-hydrogen) atoms. The number of azo groups is 1. The molecule has 7 nitrogen and oxygen atoms in total. The SMILES string of the molecule is Cc1cc(=O)[nH]c2c(N=Nc3ccc(Cl)cc3Cl)c(N)nn12. The molecule has 0 amide bonds. The van der Waals surface area contributed by atoms with Gasteiger partial charge in [0.15, 0.2) is 17.2 Å². The topological polar surface area (TPSA) is 101 Å². The highest BCUT2D eigenvalue weighted by Crippen LogP contribution is 2.32. The van der Waals surface area contributed by atoms with E-state index in [1.165, 1.54) is 10.6 Å². The molecule has 1 aromatic carbocycles. The van der Waals surface area contributed by atoms with Gasteiger partial charge in [0.05, 0.1) is 5.02 Å². The summed E-state index contributed by atoms with van der Waals surface area (Å²) in [6.45, 7) is 1.74. The van der Waals surface area contributed by atoms with Gasteiger partial charge in [0, 0.05) is 16.8 Å². The van der Waals surface area contributed by atoms with Gasteiger partial charge in [-0.2, -0.15) is 0 Å². The van der Waals surface area contributed by atoms with Crippen LogP contribution in [0.4, 0.5) is 17.2 Å². The van der Waals surface area contributed by atoms with E-state index in [2.05, 4.69) is 20.3 Å². The van der Waals surface area contributed by atoms with Crippen molar-refractivity contribution in [3.8, 4) is 0 Å². The van der Waals surface area contributed by atoms with E-state index in [4.69, 9.17) is 28.9 Å². The number of nitrogens with one attached hydrogen (secondary N) is 1. The van der Waals surface area contributed by atoms with Crippen molar-refractivity contribution in [2.75, 3.05) is 5.73 Å². The monoisotopic (exact) mass is 336 g/mol. The van der Waals surface area contributed by atoms with Gasteiger partial charge in [-0.3, -0.25) is 4.79 Å². The number of aryl methyl sites for hydroxylation is 1. The van der Waals surface area contributed by atoms with Crippen LogP contribution in [0.15, 0.2) is 39.3 Å². The fourth-order valence-corrected chi connectivity index (χ4v) is 2.41. The Labute approximate surface area is 134 Å². The van der Waals surface area contributed by atoms with E-state index < -0.39 is 0 Å². The molecule has 0 aliphatic heterocycles. The van der Waals surface area contributed by atoms with Crippen molar-refractivity contribution in [1.29, 1.82) is 0 Å². The molecule has 9 heteroatoms. The van der Waals surface area contributed by atoms with Gasteiger partial charge in [-0.1, -0.05) is 23.2 Å². The van der Waals surface area contributed by atoms with Crippen LogP contribution < -0.4 is 11.3 Å². The number of halogens is 2. The number of aromatic nitrogens is 3. The Morgan fingerprint density at radius 1 is 1.27 bits per heavy atom. The number of benzene rings is 1. The summed E-state index contributed by atoms with van der Waals surface area (Å²) in [6, 6.07) is 6.25. The van der Waals surface area contributed by atoms with Gasteiger partial charge in [0.1, 0.15) is 5.69 Å². The lowest BCUT2D eigenvalue weighted by molar-refractivity contribution is 0.891. The molecule has 3 rings (SSSR count). The molecule has 0 fully saturated rings. The zero-order chi connectivity index (χ0) is 15.9. The predicted molar refractivity (Wildman–Crippen MR) is 85.6 cm³/mol. The number of hydrogen-bond donors (Lipinski definition) is 2. The standard InChI is InChI=1S/C13H10Cl2N6O/c1-6-4-10(22)17-13-11(12(16)20-21(6)13)19-18-9-3-2-7(14)5-8(9)15/h2-5H,1H3,(H2,16,20)(H,17,22). The first-order valence-corrected chi connectivity index (χ1v) is 6.96. The molecule has 0 unspecified atom stereocenters. The Hall–Kier alpha value is -2.38. The van der Waals surface area contributed by atoms with Gasteiger partial charge >= 0.3 is 0 Å². The summed E-state index contributed by atoms with van der Waals surface area (Å²) in [5.41, 5.74) is 7.27. The maximum absolute atomic E-state index is 11.6. The number of aromatic amines is 1. The molecule has 2 heterocycles. The van der Waals surface area contributed by atoms with Crippen LogP contribution in [0.1, 0.15) is 5.69 Å². The largest absolute Gasteiger partial charge is 0.380 e. The molecule has 112 valence electrons. The number of nitrogens with zero attached hydrogens (tertiary/aromatic N) is 4. The minimum absolute atomic E-state index is 0.152. The van der Waals surface area contributed by atoms with E-state index in [9.17, 15) is 4.79 Å². The first kappa shape index (κ1) is 14.6. The molecule has 0 atom stereocenters. The highest BCUT2D eigenvalue weighted by Gasteiger charge is 2.12. The average Bonchev–Trinajstić information content (AvgIpc) is 2.75. The number of anilines is 1. The Morgan fingerprint density at radius 2 is 2.05 bits per heavy atom. The Kier molecular flexibility index (Phi) is 3.59. The van der Waals surface area contributed by atoms with E-state index in [1.54, 1.807) is 25.1 Å². The maximum Gasteiger partial charge on any atom is 0.251 e. The summed E-state index contributed by atoms with van der Waals surface area (Å²) in [6.07, 6.45) is 0. The van der Waals surface area contributed by atoms with Crippen LogP contribution in [0, 0.1) is 6.92 Å². The first-order valence-electron chi connectivity index (χ1n) is 6.20. The van der Waals surface area contributed by atoms with Gasteiger partial charge in [-0.15, -0.1) is 15.3 Å². The molecular weight excluding hydrogens is 327 g/mol. The van der Waals surface area contributed by atoms with Crippen molar-refractivity contribution in [2.24, 2.45) is 10.2 Å². The number of nitrogens with two attached hydrogens (primary N) is 1. The van der Waals surface area contributed by atoms with Crippen molar-refractivity contribution < 1.29 is 0 Å². The van der Waals surface area contributed by atoms with Gasteiger partial charge in [-0.05, 0) is 25.1 Å². The molecule has 2 aromatic heterocycles. The Balaban J connectivity index is 2.12. The third kappa shape index (κ3) is 2.56. The summed E-state index contributed by atoms with van der Waals surface area (Å²) in [5, 5.41) is 13.1. The second kappa shape index (κ2) is 5.43. The van der Waals surface area contributed by atoms with Crippen molar-refractivity contribution >= 4 is 46.0 Å². The van der Waals surface area contributed by atoms with Crippen molar-refractivity contribution in [1.82, 2.24) is 14.6 Å². The maximum atomic E-state index is 11.6. The second-order valence-electron chi connectivity index (χ2n) is 4.56. The summed E-state index contributed by atoms with van der Waals surface area (Å²) in [7, 11) is 0. The number of nitrogen functional groups attached to an aromatic ring is 1. The number of fused-ring (bicyclic) bond motifs is 1. The van der Waals surface area contributed by atoms with Gasteiger partial charge in [0.2, 0.25) is 0 Å². The van der Waals surface area contributed by atoms with E-state index in [0.717, 1.165) is 0 Å². The van der Waals surface area contributed by atoms with Gasteiger partial charge in [-0.25, -0.2) is 4.52 Å². The third-order valence-corrected chi connectivity index (χ3v) is 3.51. The van der Waals surface area contributed by atoms with Crippen LogP contribution in [-0.2, 0) is 0 Å². The summed E-state index contributed by atoms with van der Waals surface area (Å²) >= 11 is 11.9. The average molecular weight is 337 g/mol.